The van der Waals surface area contributed by atoms with Gasteiger partial charge in [0.25, 0.3) is 0 Å². The number of benzene rings is 2. The lowest BCUT2D eigenvalue weighted by Gasteiger charge is -2.31. The number of likely N-dealkylation sites (tertiary alicyclic amines) is 1. The lowest BCUT2D eigenvalue weighted by Crippen LogP contribution is -2.36. The van der Waals surface area contributed by atoms with Gasteiger partial charge in [-0.25, -0.2) is 0 Å². The molecule has 1 aliphatic carbocycles. The fraction of sp³-hybridized carbons (Fsp3) is 0.593. The van der Waals surface area contributed by atoms with Crippen molar-refractivity contribution in [2.45, 2.75) is 71.4 Å². The average Bonchev–Trinajstić information content (AvgIpc) is 2.82. The van der Waals surface area contributed by atoms with E-state index in [2.05, 4.69) is 36.1 Å². The number of carbonyl (C=O) groups is 1. The van der Waals surface area contributed by atoms with E-state index in [0.29, 0.717) is 6.61 Å². The van der Waals surface area contributed by atoms with Crippen LogP contribution in [0.25, 0.3) is 10.8 Å². The van der Waals surface area contributed by atoms with Crippen molar-refractivity contribution in [3.05, 3.63) is 40.9 Å². The van der Waals surface area contributed by atoms with Gasteiger partial charge in [0.05, 0.1) is 23.7 Å². The highest BCUT2D eigenvalue weighted by molar-refractivity contribution is 6.37. The highest BCUT2D eigenvalue weighted by Crippen LogP contribution is 2.37. The van der Waals surface area contributed by atoms with Crippen LogP contribution < -0.4 is 4.74 Å². The number of ether oxygens (including phenoxy) is 2. The molecule has 2 aromatic rings. The Labute approximate surface area is 197 Å². The first-order chi connectivity index (χ1) is 15.6. The van der Waals surface area contributed by atoms with Gasteiger partial charge in [0, 0.05) is 11.9 Å². The van der Waals surface area contributed by atoms with Gasteiger partial charge in [-0.05, 0) is 87.5 Å². The van der Waals surface area contributed by atoms with E-state index in [4.69, 9.17) is 21.1 Å². The molecule has 0 atom stereocenters. The van der Waals surface area contributed by atoms with Crippen LogP contribution in [0.15, 0.2) is 30.3 Å². The van der Waals surface area contributed by atoms with Gasteiger partial charge >= 0.3 is 5.97 Å². The van der Waals surface area contributed by atoms with Crippen molar-refractivity contribution in [3.8, 4) is 5.75 Å². The minimum Gasteiger partial charge on any atom is -0.489 e. The van der Waals surface area contributed by atoms with E-state index < -0.39 is 0 Å². The van der Waals surface area contributed by atoms with E-state index in [-0.39, 0.29) is 18.0 Å². The van der Waals surface area contributed by atoms with E-state index >= 15 is 0 Å². The molecule has 1 heterocycles. The molecule has 2 fully saturated rings. The van der Waals surface area contributed by atoms with Crippen molar-refractivity contribution < 1.29 is 14.3 Å². The molecule has 0 N–H and O–H groups in total. The van der Waals surface area contributed by atoms with E-state index in [0.717, 1.165) is 72.8 Å². The first kappa shape index (κ1) is 23.4. The Morgan fingerprint density at radius 3 is 2.44 bits per heavy atom. The molecule has 5 heteroatoms. The molecular formula is C27H36ClNO3. The minimum absolute atomic E-state index is 0.0413. The van der Waals surface area contributed by atoms with Crippen molar-refractivity contribution in [3.63, 3.8) is 0 Å². The summed E-state index contributed by atoms with van der Waals surface area (Å²) in [5, 5.41) is 2.93. The van der Waals surface area contributed by atoms with Crippen molar-refractivity contribution in [2.75, 3.05) is 19.7 Å². The smallest absolute Gasteiger partial charge is 0.309 e. The summed E-state index contributed by atoms with van der Waals surface area (Å²) in [6.45, 7) is 7.31. The number of hydrogen-bond donors (Lipinski definition) is 0. The minimum atomic E-state index is -0.0413. The number of esters is 1. The van der Waals surface area contributed by atoms with Gasteiger partial charge in [0.2, 0.25) is 0 Å². The molecule has 0 spiro atoms. The molecule has 0 amide bonds. The Balaban J connectivity index is 1.40. The van der Waals surface area contributed by atoms with Crippen LogP contribution in [0.4, 0.5) is 0 Å². The normalized spacial score (nSPS) is 22.7. The maximum atomic E-state index is 12.0. The molecule has 1 aliphatic heterocycles. The predicted molar refractivity (Wildman–Crippen MR) is 130 cm³/mol. The number of fused-ring (bicyclic) bond motifs is 1. The second-order valence-corrected chi connectivity index (χ2v) is 9.78. The van der Waals surface area contributed by atoms with Crippen molar-refractivity contribution in [1.29, 1.82) is 0 Å². The third-order valence-electron chi connectivity index (χ3n) is 7.26. The fourth-order valence-electron chi connectivity index (χ4n) is 5.18. The van der Waals surface area contributed by atoms with Gasteiger partial charge in [-0.3, -0.25) is 9.69 Å². The second kappa shape index (κ2) is 10.9. The molecule has 2 aliphatic rings. The van der Waals surface area contributed by atoms with Crippen LogP contribution in [0, 0.1) is 11.8 Å². The van der Waals surface area contributed by atoms with Crippen molar-refractivity contribution >= 4 is 28.3 Å². The Bertz CT molecular complexity index is 915. The molecule has 1 saturated carbocycles. The average molecular weight is 458 g/mol. The summed E-state index contributed by atoms with van der Waals surface area (Å²) < 4.78 is 11.5. The Kier molecular flexibility index (Phi) is 7.96. The molecule has 4 nitrogen and oxygen atoms in total. The molecule has 0 aromatic heterocycles. The van der Waals surface area contributed by atoms with Gasteiger partial charge in [-0.1, -0.05) is 43.1 Å². The molecule has 1 saturated heterocycles. The number of halogens is 1. The zero-order valence-corrected chi connectivity index (χ0v) is 20.2. The van der Waals surface area contributed by atoms with E-state index in [1.54, 1.807) is 0 Å². The van der Waals surface area contributed by atoms with E-state index in [1.807, 2.05) is 13.0 Å². The highest BCUT2D eigenvalue weighted by Gasteiger charge is 2.26. The zero-order chi connectivity index (χ0) is 22.5. The number of nitrogens with zero attached hydrogens (tertiary/aromatic N) is 1. The summed E-state index contributed by atoms with van der Waals surface area (Å²) in [4.78, 5) is 14.4. The molecule has 4 rings (SSSR count). The Hall–Kier alpha value is -1.78. The fourth-order valence-corrected chi connectivity index (χ4v) is 5.45. The first-order valence-corrected chi connectivity index (χ1v) is 12.7. The largest absolute Gasteiger partial charge is 0.489 e. The second-order valence-electron chi connectivity index (χ2n) is 9.40. The van der Waals surface area contributed by atoms with Gasteiger partial charge < -0.3 is 9.47 Å². The summed E-state index contributed by atoms with van der Waals surface area (Å²) in [5.74, 6) is 1.67. The maximum Gasteiger partial charge on any atom is 0.309 e. The number of carbonyl (C=O) groups excluding carboxylic acids is 1. The maximum absolute atomic E-state index is 12.0. The lowest BCUT2D eigenvalue weighted by atomic mass is 9.86. The monoisotopic (exact) mass is 457 g/mol. The summed E-state index contributed by atoms with van der Waals surface area (Å²) in [7, 11) is 0. The lowest BCUT2D eigenvalue weighted by molar-refractivity contribution is -0.149. The molecule has 0 unspecified atom stereocenters. The van der Waals surface area contributed by atoms with Crippen LogP contribution >= 0.6 is 11.6 Å². The molecule has 174 valence electrons. The summed E-state index contributed by atoms with van der Waals surface area (Å²) >= 11 is 6.83. The topological polar surface area (TPSA) is 38.8 Å². The number of piperidine rings is 1. The summed E-state index contributed by atoms with van der Waals surface area (Å²) in [6, 6.07) is 10.7. The third-order valence-corrected chi connectivity index (χ3v) is 7.65. The molecule has 0 bridgehead atoms. The molecule has 0 radical (unpaired) electrons. The van der Waals surface area contributed by atoms with Crippen LogP contribution in [0.3, 0.4) is 0 Å². The van der Waals surface area contributed by atoms with Crippen LogP contribution in [-0.4, -0.2) is 36.7 Å². The predicted octanol–water partition coefficient (Wildman–Crippen LogP) is 6.62. The van der Waals surface area contributed by atoms with Crippen LogP contribution in [0.5, 0.6) is 5.75 Å². The van der Waals surface area contributed by atoms with Crippen LogP contribution in [0.2, 0.25) is 5.02 Å². The van der Waals surface area contributed by atoms with Crippen LogP contribution in [-0.2, 0) is 16.1 Å². The zero-order valence-electron chi connectivity index (χ0n) is 19.4. The first-order valence-electron chi connectivity index (χ1n) is 12.3. The van der Waals surface area contributed by atoms with Crippen molar-refractivity contribution in [2.24, 2.45) is 11.8 Å². The quantitative estimate of drug-likeness (QED) is 0.438. The highest BCUT2D eigenvalue weighted by atomic mass is 35.5. The van der Waals surface area contributed by atoms with Crippen LogP contribution in [0.1, 0.15) is 64.4 Å². The molecular weight excluding hydrogens is 422 g/mol. The SMILES string of the molecule is CCOC(=O)C1CCN(Cc2ccc3ccc(OC4CCC(CC)CC4)c(Cl)c3c2)CC1. The van der Waals surface area contributed by atoms with E-state index in [9.17, 15) is 4.79 Å². The van der Waals surface area contributed by atoms with Gasteiger partial charge in [-0.2, -0.15) is 0 Å². The summed E-state index contributed by atoms with van der Waals surface area (Å²) in [5.41, 5.74) is 1.24. The third kappa shape index (κ3) is 5.58. The van der Waals surface area contributed by atoms with Gasteiger partial charge in [0.1, 0.15) is 5.75 Å². The number of hydrogen-bond acceptors (Lipinski definition) is 4. The number of rotatable bonds is 7. The molecule has 2 aromatic carbocycles. The van der Waals surface area contributed by atoms with Crippen molar-refractivity contribution in [1.82, 2.24) is 4.90 Å². The Morgan fingerprint density at radius 2 is 1.75 bits per heavy atom. The molecule has 32 heavy (non-hydrogen) atoms. The summed E-state index contributed by atoms with van der Waals surface area (Å²) in [6.07, 6.45) is 8.02. The Morgan fingerprint density at radius 1 is 1.03 bits per heavy atom. The van der Waals surface area contributed by atoms with Gasteiger partial charge in [-0.15, -0.1) is 0 Å². The van der Waals surface area contributed by atoms with Gasteiger partial charge in [0.15, 0.2) is 0 Å². The van der Waals surface area contributed by atoms with E-state index in [1.165, 1.54) is 24.8 Å². The standard InChI is InChI=1S/C27H36ClNO3/c1-3-19-6-10-23(11-7-19)32-25-12-9-21-8-5-20(17-24(21)26(25)28)18-29-15-13-22(14-16-29)27(30)31-4-2/h5,8-9,12,17,19,22-23H,3-4,6-7,10-11,13-16,18H2,1-2H3.